The van der Waals surface area contributed by atoms with E-state index in [-0.39, 0.29) is 24.8 Å². The van der Waals surface area contributed by atoms with Gasteiger partial charge in [0.05, 0.1) is 24.9 Å². The van der Waals surface area contributed by atoms with E-state index in [9.17, 15) is 17.6 Å². The van der Waals surface area contributed by atoms with Gasteiger partial charge in [0, 0.05) is 24.7 Å². The number of rotatable bonds is 3. The SMILES string of the molecule is CC1COC(CO)CN1Cc1cc(C(F)(F)F)ccc1F. The molecule has 1 aliphatic heterocycles. The minimum Gasteiger partial charge on any atom is -0.394 e. The number of ether oxygens (including phenoxy) is 1. The van der Waals surface area contributed by atoms with Gasteiger partial charge in [0.1, 0.15) is 5.82 Å². The van der Waals surface area contributed by atoms with Crippen molar-refractivity contribution >= 4 is 0 Å². The van der Waals surface area contributed by atoms with E-state index in [0.717, 1.165) is 18.2 Å². The topological polar surface area (TPSA) is 32.7 Å². The molecule has 118 valence electrons. The summed E-state index contributed by atoms with van der Waals surface area (Å²) in [7, 11) is 0. The predicted molar refractivity (Wildman–Crippen MR) is 68.1 cm³/mol. The number of hydrogen-bond acceptors (Lipinski definition) is 3. The highest BCUT2D eigenvalue weighted by atomic mass is 19.4. The number of aliphatic hydroxyl groups is 1. The fourth-order valence-electron chi connectivity index (χ4n) is 2.30. The molecule has 1 aromatic carbocycles. The van der Waals surface area contributed by atoms with Gasteiger partial charge in [-0.1, -0.05) is 0 Å². The third-order valence-corrected chi connectivity index (χ3v) is 3.58. The van der Waals surface area contributed by atoms with E-state index in [1.165, 1.54) is 0 Å². The Balaban J connectivity index is 2.18. The van der Waals surface area contributed by atoms with Crippen molar-refractivity contribution in [1.82, 2.24) is 4.90 Å². The molecule has 2 atom stereocenters. The predicted octanol–water partition coefficient (Wildman–Crippen LogP) is 2.43. The monoisotopic (exact) mass is 307 g/mol. The fraction of sp³-hybridized carbons (Fsp3) is 0.571. The maximum atomic E-state index is 13.7. The second kappa shape index (κ2) is 6.29. The highest BCUT2D eigenvalue weighted by molar-refractivity contribution is 5.27. The molecule has 3 nitrogen and oxygen atoms in total. The van der Waals surface area contributed by atoms with E-state index in [1.54, 1.807) is 0 Å². The van der Waals surface area contributed by atoms with Gasteiger partial charge in [-0.25, -0.2) is 4.39 Å². The van der Waals surface area contributed by atoms with Crippen molar-refractivity contribution < 1.29 is 27.4 Å². The van der Waals surface area contributed by atoms with E-state index in [2.05, 4.69) is 0 Å². The van der Waals surface area contributed by atoms with Crippen molar-refractivity contribution in [2.24, 2.45) is 0 Å². The molecule has 0 aliphatic carbocycles. The summed E-state index contributed by atoms with van der Waals surface area (Å²) in [6.45, 7) is 2.43. The molecule has 0 spiro atoms. The van der Waals surface area contributed by atoms with Crippen LogP contribution in [0.4, 0.5) is 17.6 Å². The zero-order chi connectivity index (χ0) is 15.6. The standard InChI is InChI=1S/C14H17F4NO2/c1-9-8-21-12(7-20)6-19(9)5-10-4-11(14(16,17)18)2-3-13(10)15/h2-4,9,12,20H,5-8H2,1H3. The molecule has 21 heavy (non-hydrogen) atoms. The summed E-state index contributed by atoms with van der Waals surface area (Å²) in [5.74, 6) is -0.665. The third kappa shape index (κ3) is 3.93. The largest absolute Gasteiger partial charge is 0.416 e. The lowest BCUT2D eigenvalue weighted by Gasteiger charge is -2.37. The molecule has 1 fully saturated rings. The molecule has 2 rings (SSSR count). The number of benzene rings is 1. The molecule has 0 aromatic heterocycles. The first-order valence-electron chi connectivity index (χ1n) is 6.63. The van der Waals surface area contributed by atoms with Gasteiger partial charge in [-0.05, 0) is 25.1 Å². The average molecular weight is 307 g/mol. The van der Waals surface area contributed by atoms with Crippen LogP contribution >= 0.6 is 0 Å². The van der Waals surface area contributed by atoms with Crippen molar-refractivity contribution in [3.05, 3.63) is 35.1 Å². The Labute approximate surface area is 120 Å². The van der Waals surface area contributed by atoms with E-state index >= 15 is 0 Å². The molecule has 0 radical (unpaired) electrons. The second-order valence-corrected chi connectivity index (χ2v) is 5.22. The van der Waals surface area contributed by atoms with Crippen LogP contribution in [0.15, 0.2) is 18.2 Å². The van der Waals surface area contributed by atoms with Crippen LogP contribution in [0.1, 0.15) is 18.1 Å². The van der Waals surface area contributed by atoms with Crippen molar-refractivity contribution in [3.8, 4) is 0 Å². The van der Waals surface area contributed by atoms with Crippen LogP contribution in [-0.4, -0.2) is 41.9 Å². The van der Waals surface area contributed by atoms with E-state index in [0.29, 0.717) is 13.2 Å². The first-order valence-corrected chi connectivity index (χ1v) is 6.63. The Hall–Kier alpha value is -1.18. The molecule has 7 heteroatoms. The summed E-state index contributed by atoms with van der Waals surface area (Å²) < 4.78 is 57.1. The van der Waals surface area contributed by atoms with Crippen LogP contribution in [0.5, 0.6) is 0 Å². The number of halogens is 4. The zero-order valence-electron chi connectivity index (χ0n) is 11.5. The Morgan fingerprint density at radius 1 is 1.38 bits per heavy atom. The first kappa shape index (κ1) is 16.2. The molecule has 0 bridgehead atoms. The molecule has 1 aliphatic rings. The van der Waals surface area contributed by atoms with Crippen LogP contribution in [-0.2, 0) is 17.5 Å². The van der Waals surface area contributed by atoms with Gasteiger partial charge >= 0.3 is 6.18 Å². The summed E-state index contributed by atoms with van der Waals surface area (Å²) in [5, 5.41) is 9.09. The molecule has 2 unspecified atom stereocenters. The Bertz CT molecular complexity index is 492. The van der Waals surface area contributed by atoms with Crippen molar-refractivity contribution in [2.45, 2.75) is 31.8 Å². The molecule has 0 amide bonds. The highest BCUT2D eigenvalue weighted by Gasteiger charge is 2.32. The molecule has 1 heterocycles. The van der Waals surface area contributed by atoms with Gasteiger partial charge in [-0.3, -0.25) is 4.90 Å². The van der Waals surface area contributed by atoms with Gasteiger partial charge in [0.25, 0.3) is 0 Å². The maximum Gasteiger partial charge on any atom is 0.416 e. The van der Waals surface area contributed by atoms with Crippen LogP contribution < -0.4 is 0 Å². The minimum atomic E-state index is -4.49. The quantitative estimate of drug-likeness (QED) is 0.871. The van der Waals surface area contributed by atoms with Crippen LogP contribution in [0.25, 0.3) is 0 Å². The molecule has 0 saturated carbocycles. The van der Waals surface area contributed by atoms with E-state index in [4.69, 9.17) is 9.84 Å². The summed E-state index contributed by atoms with van der Waals surface area (Å²) in [6, 6.07) is 2.36. The van der Waals surface area contributed by atoms with E-state index < -0.39 is 23.7 Å². The van der Waals surface area contributed by atoms with Gasteiger partial charge in [-0.15, -0.1) is 0 Å². The average Bonchev–Trinajstić information content (AvgIpc) is 2.42. The van der Waals surface area contributed by atoms with Gasteiger partial charge in [0.15, 0.2) is 0 Å². The minimum absolute atomic E-state index is 0.00438. The Kier molecular flexibility index (Phi) is 4.85. The third-order valence-electron chi connectivity index (χ3n) is 3.58. The van der Waals surface area contributed by atoms with Crippen molar-refractivity contribution in [1.29, 1.82) is 0 Å². The number of aliphatic hydroxyl groups excluding tert-OH is 1. The smallest absolute Gasteiger partial charge is 0.394 e. The molecule has 1 aromatic rings. The summed E-state index contributed by atoms with van der Waals surface area (Å²) in [6.07, 6.45) is -4.89. The lowest BCUT2D eigenvalue weighted by molar-refractivity contribution is -0.137. The summed E-state index contributed by atoms with van der Waals surface area (Å²) >= 11 is 0. The molecule has 1 N–H and O–H groups in total. The number of alkyl halides is 3. The maximum absolute atomic E-state index is 13.7. The first-order chi connectivity index (χ1) is 9.81. The van der Waals surface area contributed by atoms with Crippen LogP contribution in [0, 0.1) is 5.82 Å². The number of hydrogen-bond donors (Lipinski definition) is 1. The van der Waals surface area contributed by atoms with Crippen molar-refractivity contribution in [3.63, 3.8) is 0 Å². The van der Waals surface area contributed by atoms with Gasteiger partial charge in [-0.2, -0.15) is 13.2 Å². The highest BCUT2D eigenvalue weighted by Crippen LogP contribution is 2.31. The summed E-state index contributed by atoms with van der Waals surface area (Å²) in [4.78, 5) is 1.81. The van der Waals surface area contributed by atoms with Gasteiger partial charge < -0.3 is 9.84 Å². The normalized spacial score (nSPS) is 24.3. The van der Waals surface area contributed by atoms with Crippen molar-refractivity contribution in [2.75, 3.05) is 19.8 Å². The number of morpholine rings is 1. The van der Waals surface area contributed by atoms with Crippen LogP contribution in [0.2, 0.25) is 0 Å². The zero-order valence-corrected chi connectivity index (χ0v) is 11.5. The van der Waals surface area contributed by atoms with Gasteiger partial charge in [0.2, 0.25) is 0 Å². The Morgan fingerprint density at radius 3 is 2.71 bits per heavy atom. The lowest BCUT2D eigenvalue weighted by Crippen LogP contribution is -2.48. The molecular formula is C14H17F4NO2. The fourth-order valence-corrected chi connectivity index (χ4v) is 2.30. The Morgan fingerprint density at radius 2 is 2.10 bits per heavy atom. The second-order valence-electron chi connectivity index (χ2n) is 5.22. The number of nitrogens with zero attached hydrogens (tertiary/aromatic N) is 1. The van der Waals surface area contributed by atoms with Crippen LogP contribution in [0.3, 0.4) is 0 Å². The summed E-state index contributed by atoms with van der Waals surface area (Å²) in [5.41, 5.74) is -0.867. The molecule has 1 saturated heterocycles. The lowest BCUT2D eigenvalue weighted by atomic mass is 10.1. The molecular weight excluding hydrogens is 290 g/mol. The van der Waals surface area contributed by atoms with E-state index in [1.807, 2.05) is 11.8 Å².